The Labute approximate surface area is 125 Å². The van der Waals surface area contributed by atoms with E-state index in [4.69, 9.17) is 0 Å². The Morgan fingerprint density at radius 3 is 2.57 bits per heavy atom. The number of hydrogen-bond acceptors (Lipinski definition) is 4. The van der Waals surface area contributed by atoms with Gasteiger partial charge in [-0.2, -0.15) is 0 Å². The van der Waals surface area contributed by atoms with Crippen LogP contribution >= 0.6 is 0 Å². The Hall–Kier alpha value is -1.98. The van der Waals surface area contributed by atoms with Gasteiger partial charge in [0.2, 0.25) is 11.8 Å². The van der Waals surface area contributed by atoms with Crippen molar-refractivity contribution < 1.29 is 9.59 Å². The van der Waals surface area contributed by atoms with Crippen molar-refractivity contribution in [2.45, 2.75) is 52.6 Å². The monoisotopic (exact) mass is 290 g/mol. The van der Waals surface area contributed by atoms with E-state index in [0.29, 0.717) is 18.9 Å². The smallest absolute Gasteiger partial charge is 0.243 e. The minimum absolute atomic E-state index is 0.0440. The molecule has 0 spiro atoms. The van der Waals surface area contributed by atoms with Crippen LogP contribution in [0.4, 0.5) is 0 Å². The van der Waals surface area contributed by atoms with Crippen LogP contribution in [-0.2, 0) is 16.1 Å². The van der Waals surface area contributed by atoms with E-state index in [1.54, 1.807) is 4.90 Å². The molecule has 0 saturated carbocycles. The highest BCUT2D eigenvalue weighted by molar-refractivity contribution is 5.87. The molecule has 1 aliphatic rings. The lowest BCUT2D eigenvalue weighted by Crippen LogP contribution is -2.51. The number of hydrogen-bond donors (Lipinski definition) is 1. The number of rotatable bonds is 3. The molecule has 1 fully saturated rings. The molecular formula is C15H22N4O2. The average Bonchev–Trinajstić information content (AvgIpc) is 2.43. The molecule has 6 heteroatoms. The molecule has 0 aliphatic carbocycles. The maximum atomic E-state index is 12.3. The van der Waals surface area contributed by atoms with Gasteiger partial charge in [-0.3, -0.25) is 9.59 Å². The number of likely N-dealkylation sites (tertiary alicyclic amines) is 1. The molecule has 2 rings (SSSR count). The van der Waals surface area contributed by atoms with Gasteiger partial charge in [-0.1, -0.05) is 0 Å². The third-order valence-electron chi connectivity index (χ3n) is 3.66. The Balaban J connectivity index is 1.98. The number of amides is 2. The van der Waals surface area contributed by atoms with E-state index < -0.39 is 0 Å². The molecule has 1 unspecified atom stereocenters. The average molecular weight is 290 g/mol. The summed E-state index contributed by atoms with van der Waals surface area (Å²) in [5.74, 6) is 0.441. The van der Waals surface area contributed by atoms with Crippen molar-refractivity contribution in [2.75, 3.05) is 6.54 Å². The van der Waals surface area contributed by atoms with Gasteiger partial charge in [0.05, 0.1) is 6.54 Å². The van der Waals surface area contributed by atoms with Crippen molar-refractivity contribution in [1.82, 2.24) is 20.2 Å². The maximum Gasteiger partial charge on any atom is 0.243 e. The summed E-state index contributed by atoms with van der Waals surface area (Å²) in [6.07, 6.45) is 2.66. The molecule has 0 bridgehead atoms. The normalized spacial score (nSPS) is 18.4. The summed E-state index contributed by atoms with van der Waals surface area (Å²) in [4.78, 5) is 34.1. The van der Waals surface area contributed by atoms with E-state index in [1.807, 2.05) is 19.9 Å². The molecule has 2 heterocycles. The highest BCUT2D eigenvalue weighted by atomic mass is 16.2. The van der Waals surface area contributed by atoms with Crippen LogP contribution in [0.5, 0.6) is 0 Å². The molecule has 6 nitrogen and oxygen atoms in total. The van der Waals surface area contributed by atoms with Crippen LogP contribution in [0.2, 0.25) is 0 Å². The van der Waals surface area contributed by atoms with E-state index in [1.165, 1.54) is 6.92 Å². The lowest BCUT2D eigenvalue weighted by molar-refractivity contribution is -0.140. The third-order valence-corrected chi connectivity index (χ3v) is 3.66. The van der Waals surface area contributed by atoms with Crippen LogP contribution in [-0.4, -0.2) is 39.3 Å². The molecule has 2 amide bonds. The lowest BCUT2D eigenvalue weighted by atomic mass is 10.0. The van der Waals surface area contributed by atoms with Gasteiger partial charge >= 0.3 is 0 Å². The van der Waals surface area contributed by atoms with E-state index >= 15 is 0 Å². The second kappa shape index (κ2) is 6.65. The molecule has 1 saturated heterocycles. The molecule has 1 atom stereocenters. The first-order valence-corrected chi connectivity index (χ1v) is 7.33. The summed E-state index contributed by atoms with van der Waals surface area (Å²) in [5, 5.41) is 2.85. The number of nitrogens with one attached hydrogen (secondary N) is 1. The molecule has 21 heavy (non-hydrogen) atoms. The van der Waals surface area contributed by atoms with Gasteiger partial charge in [0, 0.05) is 24.9 Å². The fraction of sp³-hybridized carbons (Fsp3) is 0.600. The number of aromatic nitrogens is 2. The van der Waals surface area contributed by atoms with E-state index in [9.17, 15) is 9.59 Å². The van der Waals surface area contributed by atoms with Crippen molar-refractivity contribution in [1.29, 1.82) is 0 Å². The highest BCUT2D eigenvalue weighted by Gasteiger charge is 2.30. The summed E-state index contributed by atoms with van der Waals surface area (Å²) in [7, 11) is 0. The molecule has 114 valence electrons. The number of nitrogens with zero attached hydrogens (tertiary/aromatic N) is 3. The predicted molar refractivity (Wildman–Crippen MR) is 78.4 cm³/mol. The van der Waals surface area contributed by atoms with Crippen molar-refractivity contribution in [3.8, 4) is 0 Å². The van der Waals surface area contributed by atoms with Crippen LogP contribution in [0.25, 0.3) is 0 Å². The van der Waals surface area contributed by atoms with Gasteiger partial charge < -0.3 is 10.2 Å². The topological polar surface area (TPSA) is 75.2 Å². The fourth-order valence-corrected chi connectivity index (χ4v) is 2.74. The summed E-state index contributed by atoms with van der Waals surface area (Å²) < 4.78 is 0. The molecular weight excluding hydrogens is 268 g/mol. The van der Waals surface area contributed by atoms with Crippen LogP contribution in [0.15, 0.2) is 6.07 Å². The molecule has 1 aromatic rings. The van der Waals surface area contributed by atoms with Crippen LogP contribution in [0.1, 0.15) is 43.4 Å². The number of piperidine rings is 1. The first kappa shape index (κ1) is 15.4. The van der Waals surface area contributed by atoms with Gasteiger partial charge in [-0.25, -0.2) is 9.97 Å². The fourth-order valence-electron chi connectivity index (χ4n) is 2.74. The van der Waals surface area contributed by atoms with Gasteiger partial charge in [-0.05, 0) is 39.2 Å². The standard InChI is InChI=1S/C15H22N4O2/c1-10-8-11(2)18-14(17-10)9-16-15(21)13-6-4-5-7-19(13)12(3)20/h8,13H,4-7,9H2,1-3H3,(H,16,21). The Morgan fingerprint density at radius 1 is 1.29 bits per heavy atom. The van der Waals surface area contributed by atoms with Crippen molar-refractivity contribution in [3.05, 3.63) is 23.3 Å². The van der Waals surface area contributed by atoms with E-state index in [0.717, 1.165) is 30.7 Å². The largest absolute Gasteiger partial charge is 0.347 e. The second-order valence-corrected chi connectivity index (χ2v) is 5.51. The minimum Gasteiger partial charge on any atom is -0.347 e. The number of carbonyl (C=O) groups is 2. The first-order chi connectivity index (χ1) is 9.97. The van der Waals surface area contributed by atoms with Crippen LogP contribution < -0.4 is 5.32 Å². The summed E-state index contributed by atoms with van der Waals surface area (Å²) in [6, 6.07) is 1.53. The first-order valence-electron chi connectivity index (χ1n) is 7.33. The summed E-state index contributed by atoms with van der Waals surface area (Å²) >= 11 is 0. The minimum atomic E-state index is -0.359. The molecule has 0 radical (unpaired) electrons. The van der Waals surface area contributed by atoms with Gasteiger partial charge in [-0.15, -0.1) is 0 Å². The Bertz CT molecular complexity index is 524. The maximum absolute atomic E-state index is 12.3. The second-order valence-electron chi connectivity index (χ2n) is 5.51. The zero-order valence-corrected chi connectivity index (χ0v) is 12.8. The quantitative estimate of drug-likeness (QED) is 0.905. The van der Waals surface area contributed by atoms with Crippen LogP contribution in [0, 0.1) is 13.8 Å². The number of carbonyl (C=O) groups excluding carboxylic acids is 2. The van der Waals surface area contributed by atoms with Crippen molar-refractivity contribution in [3.63, 3.8) is 0 Å². The lowest BCUT2D eigenvalue weighted by Gasteiger charge is -2.33. The third kappa shape index (κ3) is 4.00. The molecule has 1 aliphatic heterocycles. The Morgan fingerprint density at radius 2 is 1.95 bits per heavy atom. The zero-order chi connectivity index (χ0) is 15.4. The SMILES string of the molecule is CC(=O)N1CCCCC1C(=O)NCc1nc(C)cc(C)n1. The Kier molecular flexibility index (Phi) is 4.88. The molecule has 1 N–H and O–H groups in total. The highest BCUT2D eigenvalue weighted by Crippen LogP contribution is 2.17. The van der Waals surface area contributed by atoms with Gasteiger partial charge in [0.15, 0.2) is 0 Å². The van der Waals surface area contributed by atoms with Crippen molar-refractivity contribution in [2.24, 2.45) is 0 Å². The predicted octanol–water partition coefficient (Wildman–Crippen LogP) is 1.11. The summed E-state index contributed by atoms with van der Waals surface area (Å²) in [5.41, 5.74) is 1.77. The van der Waals surface area contributed by atoms with Gasteiger partial charge in [0.1, 0.15) is 11.9 Å². The van der Waals surface area contributed by atoms with Crippen LogP contribution in [0.3, 0.4) is 0 Å². The molecule has 1 aromatic heterocycles. The molecule has 0 aromatic carbocycles. The number of aryl methyl sites for hydroxylation is 2. The van der Waals surface area contributed by atoms with Crippen molar-refractivity contribution >= 4 is 11.8 Å². The zero-order valence-electron chi connectivity index (χ0n) is 12.8. The van der Waals surface area contributed by atoms with E-state index in [2.05, 4.69) is 15.3 Å². The summed E-state index contributed by atoms with van der Waals surface area (Å²) in [6.45, 7) is 6.27. The van der Waals surface area contributed by atoms with Gasteiger partial charge in [0.25, 0.3) is 0 Å². The van der Waals surface area contributed by atoms with E-state index in [-0.39, 0.29) is 17.9 Å².